The van der Waals surface area contributed by atoms with Gasteiger partial charge in [-0.2, -0.15) is 11.8 Å². The molecule has 2 atom stereocenters. The quantitative estimate of drug-likeness (QED) is 0.773. The first-order chi connectivity index (χ1) is 7.82. The molecule has 1 aliphatic rings. The summed E-state index contributed by atoms with van der Waals surface area (Å²) >= 11 is 1.48. The SMILES string of the molecule is CSC(CO)C(C)N1C(=O)CC(C)(C)CC1=O. The molecule has 0 saturated carbocycles. The zero-order chi connectivity index (χ0) is 13.2. The van der Waals surface area contributed by atoms with Crippen molar-refractivity contribution in [3.8, 4) is 0 Å². The minimum atomic E-state index is -0.244. The molecular formula is C12H21NO3S. The lowest BCUT2D eigenvalue weighted by Gasteiger charge is -2.39. The van der Waals surface area contributed by atoms with Gasteiger partial charge in [-0.3, -0.25) is 14.5 Å². The van der Waals surface area contributed by atoms with Crippen LogP contribution >= 0.6 is 11.8 Å². The Morgan fingerprint density at radius 3 is 2.18 bits per heavy atom. The summed E-state index contributed by atoms with van der Waals surface area (Å²) in [6.45, 7) is 5.67. The third-order valence-electron chi connectivity index (χ3n) is 3.22. The molecule has 0 aromatic heterocycles. The first-order valence-corrected chi connectivity index (χ1v) is 7.09. The van der Waals surface area contributed by atoms with Crippen molar-refractivity contribution in [3.05, 3.63) is 0 Å². The van der Waals surface area contributed by atoms with E-state index in [1.165, 1.54) is 16.7 Å². The fourth-order valence-electron chi connectivity index (χ4n) is 2.24. The number of hydrogen-bond donors (Lipinski definition) is 1. The van der Waals surface area contributed by atoms with Gasteiger partial charge in [0.1, 0.15) is 0 Å². The van der Waals surface area contributed by atoms with E-state index in [1.54, 1.807) is 0 Å². The van der Waals surface area contributed by atoms with Gasteiger partial charge < -0.3 is 5.11 Å². The van der Waals surface area contributed by atoms with Gasteiger partial charge in [-0.1, -0.05) is 13.8 Å². The first-order valence-electron chi connectivity index (χ1n) is 5.81. The lowest BCUT2D eigenvalue weighted by molar-refractivity contribution is -0.155. The Morgan fingerprint density at radius 2 is 1.82 bits per heavy atom. The Morgan fingerprint density at radius 1 is 1.35 bits per heavy atom. The number of likely N-dealkylation sites (tertiary alicyclic amines) is 1. The molecule has 17 heavy (non-hydrogen) atoms. The molecule has 4 nitrogen and oxygen atoms in total. The predicted molar refractivity (Wildman–Crippen MR) is 68.7 cm³/mol. The van der Waals surface area contributed by atoms with E-state index in [0.717, 1.165) is 0 Å². The number of aliphatic hydroxyl groups is 1. The molecule has 0 aliphatic carbocycles. The number of imide groups is 1. The van der Waals surface area contributed by atoms with Gasteiger partial charge in [0.2, 0.25) is 11.8 Å². The van der Waals surface area contributed by atoms with Gasteiger partial charge >= 0.3 is 0 Å². The minimum Gasteiger partial charge on any atom is -0.395 e. The molecule has 2 unspecified atom stereocenters. The number of nitrogens with zero attached hydrogens (tertiary/aromatic N) is 1. The Balaban J connectivity index is 2.84. The van der Waals surface area contributed by atoms with Crippen LogP contribution in [0.2, 0.25) is 0 Å². The summed E-state index contributed by atoms with van der Waals surface area (Å²) in [4.78, 5) is 25.4. The van der Waals surface area contributed by atoms with Crippen LogP contribution in [0.25, 0.3) is 0 Å². The van der Waals surface area contributed by atoms with Crippen LogP contribution in [0.4, 0.5) is 0 Å². The van der Waals surface area contributed by atoms with Crippen LogP contribution in [0, 0.1) is 5.41 Å². The van der Waals surface area contributed by atoms with E-state index in [2.05, 4.69) is 0 Å². The molecule has 5 heteroatoms. The van der Waals surface area contributed by atoms with Crippen molar-refractivity contribution in [2.45, 2.75) is 44.9 Å². The van der Waals surface area contributed by atoms with Crippen molar-refractivity contribution in [3.63, 3.8) is 0 Å². The van der Waals surface area contributed by atoms with Gasteiger partial charge in [0.15, 0.2) is 0 Å². The van der Waals surface area contributed by atoms with E-state index >= 15 is 0 Å². The molecular weight excluding hydrogens is 238 g/mol. The number of piperidine rings is 1. The largest absolute Gasteiger partial charge is 0.395 e. The van der Waals surface area contributed by atoms with Crippen LogP contribution in [-0.2, 0) is 9.59 Å². The zero-order valence-corrected chi connectivity index (χ0v) is 11.7. The maximum Gasteiger partial charge on any atom is 0.230 e. The summed E-state index contributed by atoms with van der Waals surface area (Å²) in [6.07, 6.45) is 2.67. The second-order valence-electron chi connectivity index (χ2n) is 5.37. The number of carbonyl (C=O) groups excluding carboxylic acids is 2. The van der Waals surface area contributed by atoms with Gasteiger partial charge in [0, 0.05) is 18.1 Å². The molecule has 98 valence electrons. The third-order valence-corrected chi connectivity index (χ3v) is 4.37. The highest BCUT2D eigenvalue weighted by molar-refractivity contribution is 7.99. The number of thioether (sulfide) groups is 1. The average molecular weight is 259 g/mol. The summed E-state index contributed by atoms with van der Waals surface area (Å²) in [5, 5.41) is 9.12. The molecule has 1 fully saturated rings. The highest BCUT2D eigenvalue weighted by Crippen LogP contribution is 2.33. The van der Waals surface area contributed by atoms with Gasteiger partial charge in [0.25, 0.3) is 0 Å². The minimum absolute atomic E-state index is 0.0250. The molecule has 0 aromatic rings. The van der Waals surface area contributed by atoms with Gasteiger partial charge in [-0.15, -0.1) is 0 Å². The molecule has 1 saturated heterocycles. The highest BCUT2D eigenvalue weighted by atomic mass is 32.2. The summed E-state index contributed by atoms with van der Waals surface area (Å²) in [5.41, 5.74) is -0.238. The van der Waals surface area contributed by atoms with Crippen molar-refractivity contribution in [1.82, 2.24) is 4.90 Å². The zero-order valence-electron chi connectivity index (χ0n) is 10.9. The molecule has 2 amide bonds. The number of rotatable bonds is 4. The van der Waals surface area contributed by atoms with Gasteiger partial charge in [-0.25, -0.2) is 0 Å². The van der Waals surface area contributed by atoms with Gasteiger partial charge in [0.05, 0.1) is 12.6 Å². The van der Waals surface area contributed by atoms with Crippen molar-refractivity contribution < 1.29 is 14.7 Å². The molecule has 1 aliphatic heterocycles. The molecule has 1 N–H and O–H groups in total. The van der Waals surface area contributed by atoms with E-state index in [-0.39, 0.29) is 35.1 Å². The Hall–Kier alpha value is -0.550. The highest BCUT2D eigenvalue weighted by Gasteiger charge is 2.41. The summed E-state index contributed by atoms with van der Waals surface area (Å²) in [5.74, 6) is -0.238. The Bertz CT molecular complexity index is 293. The number of carbonyl (C=O) groups is 2. The van der Waals surface area contributed by atoms with Crippen LogP contribution < -0.4 is 0 Å². The van der Waals surface area contributed by atoms with Crippen molar-refractivity contribution >= 4 is 23.6 Å². The summed E-state index contributed by atoms with van der Waals surface area (Å²) in [6, 6.07) is -0.244. The van der Waals surface area contributed by atoms with E-state index in [1.807, 2.05) is 27.0 Å². The third kappa shape index (κ3) is 3.22. The lowest BCUT2D eigenvalue weighted by atomic mass is 9.81. The van der Waals surface area contributed by atoms with Crippen LogP contribution in [0.15, 0.2) is 0 Å². The van der Waals surface area contributed by atoms with E-state index < -0.39 is 0 Å². The maximum absolute atomic E-state index is 12.0. The lowest BCUT2D eigenvalue weighted by Crippen LogP contribution is -2.53. The average Bonchev–Trinajstić information content (AvgIpc) is 2.16. The van der Waals surface area contributed by atoms with Gasteiger partial charge in [-0.05, 0) is 18.6 Å². The summed E-state index contributed by atoms with van der Waals surface area (Å²) < 4.78 is 0. The number of amides is 2. The predicted octanol–water partition coefficient (Wildman–Crippen LogP) is 1.27. The second-order valence-corrected chi connectivity index (χ2v) is 6.45. The normalized spacial score (nSPS) is 23.7. The summed E-state index contributed by atoms with van der Waals surface area (Å²) in [7, 11) is 0. The fourth-order valence-corrected chi connectivity index (χ4v) is 2.90. The van der Waals surface area contributed by atoms with Crippen LogP contribution in [0.1, 0.15) is 33.6 Å². The molecule has 0 bridgehead atoms. The second kappa shape index (κ2) is 5.40. The van der Waals surface area contributed by atoms with E-state index in [9.17, 15) is 14.7 Å². The maximum atomic E-state index is 12.0. The monoisotopic (exact) mass is 259 g/mol. The van der Waals surface area contributed by atoms with Crippen molar-refractivity contribution in [2.75, 3.05) is 12.9 Å². The molecule has 0 spiro atoms. The van der Waals surface area contributed by atoms with Crippen LogP contribution in [-0.4, -0.2) is 46.0 Å². The Kier molecular flexibility index (Phi) is 4.61. The van der Waals surface area contributed by atoms with Crippen LogP contribution in [0.3, 0.4) is 0 Å². The molecule has 1 rings (SSSR count). The Labute approximate surface area is 107 Å². The topological polar surface area (TPSA) is 57.6 Å². The number of hydrogen-bond acceptors (Lipinski definition) is 4. The van der Waals surface area contributed by atoms with E-state index in [0.29, 0.717) is 12.8 Å². The molecule has 1 heterocycles. The van der Waals surface area contributed by atoms with Crippen molar-refractivity contribution in [2.24, 2.45) is 5.41 Å². The first kappa shape index (κ1) is 14.5. The van der Waals surface area contributed by atoms with Crippen molar-refractivity contribution in [1.29, 1.82) is 0 Å². The smallest absolute Gasteiger partial charge is 0.230 e. The molecule has 0 aromatic carbocycles. The van der Waals surface area contributed by atoms with Crippen LogP contribution in [0.5, 0.6) is 0 Å². The standard InChI is InChI=1S/C12H21NO3S/c1-8(9(7-14)17-4)13-10(15)5-12(2,3)6-11(13)16/h8-9,14H,5-7H2,1-4H3. The van der Waals surface area contributed by atoms with E-state index in [4.69, 9.17) is 0 Å². The number of aliphatic hydroxyl groups excluding tert-OH is 1. The fraction of sp³-hybridized carbons (Fsp3) is 0.833. The molecule has 0 radical (unpaired) electrons.